The minimum absolute atomic E-state index is 0.0757. The summed E-state index contributed by atoms with van der Waals surface area (Å²) in [7, 11) is 1.27. The predicted octanol–water partition coefficient (Wildman–Crippen LogP) is 3.57. The number of rotatable bonds is 3. The average molecular weight is 361 g/mol. The maximum Gasteiger partial charge on any atom is 0.310 e. The van der Waals surface area contributed by atoms with Gasteiger partial charge in [-0.15, -0.1) is 11.3 Å². The lowest BCUT2D eigenvalue weighted by molar-refractivity contribution is -0.139. The SMILES string of the molecule is COC(=O)Cc1c(C)n(C(=O)c2ccc(C)s2)c2cc(F)c(O)cc12. The minimum atomic E-state index is -0.828. The monoisotopic (exact) mass is 361 g/mol. The molecule has 2 heterocycles. The summed E-state index contributed by atoms with van der Waals surface area (Å²) >= 11 is 1.34. The minimum Gasteiger partial charge on any atom is -0.505 e. The molecular formula is C18H16FNO4S. The summed E-state index contributed by atoms with van der Waals surface area (Å²) in [6.07, 6.45) is -0.0757. The highest BCUT2D eigenvalue weighted by molar-refractivity contribution is 7.14. The Labute approximate surface area is 147 Å². The Morgan fingerprint density at radius 2 is 2.00 bits per heavy atom. The first-order chi connectivity index (χ1) is 11.8. The second-order valence-electron chi connectivity index (χ2n) is 5.69. The lowest BCUT2D eigenvalue weighted by Gasteiger charge is -2.06. The number of nitrogens with zero attached hydrogens (tertiary/aromatic N) is 1. The zero-order chi connectivity index (χ0) is 18.3. The average Bonchev–Trinajstić information content (AvgIpc) is 3.11. The Balaban J connectivity index is 2.27. The molecule has 0 amide bonds. The number of ether oxygens (including phenoxy) is 1. The van der Waals surface area contributed by atoms with Crippen LogP contribution in [0.3, 0.4) is 0 Å². The molecule has 0 fully saturated rings. The largest absolute Gasteiger partial charge is 0.505 e. The number of halogens is 1. The number of hydrogen-bond donors (Lipinski definition) is 1. The van der Waals surface area contributed by atoms with Gasteiger partial charge in [0, 0.05) is 22.0 Å². The molecule has 3 aromatic rings. The van der Waals surface area contributed by atoms with Crippen molar-refractivity contribution in [3.05, 3.63) is 51.1 Å². The molecule has 1 N–H and O–H groups in total. The second kappa shape index (κ2) is 6.33. The quantitative estimate of drug-likeness (QED) is 0.724. The molecule has 0 radical (unpaired) electrons. The predicted molar refractivity (Wildman–Crippen MR) is 92.8 cm³/mol. The normalized spacial score (nSPS) is 11.0. The van der Waals surface area contributed by atoms with E-state index in [1.165, 1.54) is 29.1 Å². The van der Waals surface area contributed by atoms with Gasteiger partial charge in [0.15, 0.2) is 11.6 Å². The number of thiophene rings is 1. The van der Waals surface area contributed by atoms with E-state index in [0.29, 0.717) is 27.0 Å². The van der Waals surface area contributed by atoms with E-state index in [9.17, 15) is 19.1 Å². The number of aryl methyl sites for hydroxylation is 1. The Morgan fingerprint density at radius 1 is 1.28 bits per heavy atom. The number of phenolic OH excluding ortho intramolecular Hbond substituents is 1. The molecule has 0 aliphatic carbocycles. The third-order valence-electron chi connectivity index (χ3n) is 4.11. The van der Waals surface area contributed by atoms with Gasteiger partial charge in [-0.05, 0) is 37.6 Å². The van der Waals surface area contributed by atoms with Crippen LogP contribution in [0.15, 0.2) is 24.3 Å². The van der Waals surface area contributed by atoms with Gasteiger partial charge in [-0.2, -0.15) is 0 Å². The highest BCUT2D eigenvalue weighted by Gasteiger charge is 2.23. The molecule has 0 bridgehead atoms. The number of phenols is 1. The van der Waals surface area contributed by atoms with Crippen molar-refractivity contribution in [3.8, 4) is 5.75 Å². The smallest absolute Gasteiger partial charge is 0.310 e. The van der Waals surface area contributed by atoms with Gasteiger partial charge in [-0.25, -0.2) is 4.39 Å². The van der Waals surface area contributed by atoms with Gasteiger partial charge >= 0.3 is 5.97 Å². The highest BCUT2D eigenvalue weighted by Crippen LogP contribution is 2.32. The number of benzene rings is 1. The Kier molecular flexibility index (Phi) is 4.34. The van der Waals surface area contributed by atoms with E-state index >= 15 is 0 Å². The molecule has 25 heavy (non-hydrogen) atoms. The number of hydrogen-bond acceptors (Lipinski definition) is 5. The van der Waals surface area contributed by atoms with Crippen LogP contribution in [0.2, 0.25) is 0 Å². The molecule has 0 atom stereocenters. The van der Waals surface area contributed by atoms with Gasteiger partial charge in [0.1, 0.15) is 0 Å². The van der Waals surface area contributed by atoms with Crippen molar-refractivity contribution in [1.29, 1.82) is 0 Å². The second-order valence-corrected chi connectivity index (χ2v) is 6.98. The molecule has 0 saturated heterocycles. The number of methoxy groups -OCH3 is 1. The van der Waals surface area contributed by atoms with Crippen LogP contribution in [0.25, 0.3) is 10.9 Å². The van der Waals surface area contributed by atoms with Gasteiger partial charge in [0.2, 0.25) is 0 Å². The fraction of sp³-hybridized carbons (Fsp3) is 0.222. The molecule has 1 aromatic carbocycles. The molecule has 7 heteroatoms. The number of carbonyl (C=O) groups is 2. The molecule has 2 aromatic heterocycles. The number of aromatic nitrogens is 1. The van der Waals surface area contributed by atoms with Crippen LogP contribution in [-0.2, 0) is 16.0 Å². The Hall–Kier alpha value is -2.67. The van der Waals surface area contributed by atoms with Gasteiger partial charge in [0.25, 0.3) is 5.91 Å². The van der Waals surface area contributed by atoms with Crippen molar-refractivity contribution < 1.29 is 23.8 Å². The molecule has 5 nitrogen and oxygen atoms in total. The maximum atomic E-state index is 13.9. The number of carbonyl (C=O) groups excluding carboxylic acids is 2. The maximum absolute atomic E-state index is 13.9. The van der Waals surface area contributed by atoms with Crippen molar-refractivity contribution in [3.63, 3.8) is 0 Å². The van der Waals surface area contributed by atoms with Crippen LogP contribution >= 0.6 is 11.3 Å². The summed E-state index contributed by atoms with van der Waals surface area (Å²) in [5.41, 5.74) is 1.35. The van der Waals surface area contributed by atoms with Gasteiger partial charge in [-0.3, -0.25) is 14.2 Å². The van der Waals surface area contributed by atoms with Crippen LogP contribution in [0.5, 0.6) is 5.75 Å². The van der Waals surface area contributed by atoms with Crippen molar-refractivity contribution in [2.24, 2.45) is 0 Å². The molecular weight excluding hydrogens is 345 g/mol. The molecule has 0 aliphatic heterocycles. The van der Waals surface area contributed by atoms with E-state index in [-0.39, 0.29) is 12.3 Å². The van der Waals surface area contributed by atoms with Crippen molar-refractivity contribution >= 4 is 34.1 Å². The zero-order valence-corrected chi connectivity index (χ0v) is 14.7. The van der Waals surface area contributed by atoms with Crippen molar-refractivity contribution in [2.75, 3.05) is 7.11 Å². The summed E-state index contributed by atoms with van der Waals surface area (Å²) in [4.78, 5) is 26.2. The van der Waals surface area contributed by atoms with E-state index < -0.39 is 17.5 Å². The molecule has 3 rings (SSSR count). The zero-order valence-electron chi connectivity index (χ0n) is 13.9. The van der Waals surface area contributed by atoms with Crippen LogP contribution < -0.4 is 0 Å². The molecule has 130 valence electrons. The number of aromatic hydroxyl groups is 1. The van der Waals surface area contributed by atoms with Crippen molar-refractivity contribution in [1.82, 2.24) is 4.57 Å². The standard InChI is InChI=1S/C18H16FNO4S/c1-9-4-5-16(25-9)18(23)20-10(2)11(7-17(22)24-3)12-6-15(21)13(19)8-14(12)20/h4-6,8,21H,7H2,1-3H3. The summed E-state index contributed by atoms with van der Waals surface area (Å²) in [5, 5.41) is 10.2. The summed E-state index contributed by atoms with van der Waals surface area (Å²) in [6.45, 7) is 3.58. The number of fused-ring (bicyclic) bond motifs is 1. The van der Waals surface area contributed by atoms with E-state index in [4.69, 9.17) is 4.74 Å². The fourth-order valence-corrected chi connectivity index (χ4v) is 3.65. The Morgan fingerprint density at radius 3 is 2.60 bits per heavy atom. The summed E-state index contributed by atoms with van der Waals surface area (Å²) in [6, 6.07) is 5.89. The molecule has 0 saturated carbocycles. The van der Waals surface area contributed by atoms with E-state index in [1.54, 1.807) is 13.0 Å². The summed E-state index contributed by atoms with van der Waals surface area (Å²) < 4.78 is 20.0. The van der Waals surface area contributed by atoms with Crippen molar-refractivity contribution in [2.45, 2.75) is 20.3 Å². The Bertz CT molecular complexity index is 1000. The number of esters is 1. The van der Waals surface area contributed by atoms with Crippen LogP contribution in [-0.4, -0.2) is 28.7 Å². The lowest BCUT2D eigenvalue weighted by atomic mass is 10.1. The molecule has 0 spiro atoms. The topological polar surface area (TPSA) is 68.5 Å². The fourth-order valence-electron chi connectivity index (χ4n) is 2.85. The van der Waals surface area contributed by atoms with Crippen LogP contribution in [0.4, 0.5) is 4.39 Å². The van der Waals surface area contributed by atoms with Gasteiger partial charge in [-0.1, -0.05) is 0 Å². The highest BCUT2D eigenvalue weighted by atomic mass is 32.1. The van der Waals surface area contributed by atoms with E-state index in [0.717, 1.165) is 10.9 Å². The van der Waals surface area contributed by atoms with Crippen LogP contribution in [0.1, 0.15) is 25.8 Å². The third-order valence-corrected chi connectivity index (χ3v) is 5.10. The first-order valence-electron chi connectivity index (χ1n) is 7.53. The molecule has 0 unspecified atom stereocenters. The van der Waals surface area contributed by atoms with Gasteiger partial charge in [0.05, 0.1) is 23.9 Å². The first kappa shape index (κ1) is 17.2. The third kappa shape index (κ3) is 2.91. The van der Waals surface area contributed by atoms with Gasteiger partial charge < -0.3 is 9.84 Å². The summed E-state index contributed by atoms with van der Waals surface area (Å²) in [5.74, 6) is -2.15. The van der Waals surface area contributed by atoms with Crippen LogP contribution in [0, 0.1) is 19.7 Å². The molecule has 0 aliphatic rings. The van der Waals surface area contributed by atoms with E-state index in [1.807, 2.05) is 13.0 Å². The first-order valence-corrected chi connectivity index (χ1v) is 8.35. The van der Waals surface area contributed by atoms with E-state index in [2.05, 4.69) is 0 Å². The lowest BCUT2D eigenvalue weighted by Crippen LogP contribution is -2.13.